The number of methoxy groups -OCH3 is 1. The summed E-state index contributed by atoms with van der Waals surface area (Å²) in [5.41, 5.74) is 1.52. The predicted octanol–water partition coefficient (Wildman–Crippen LogP) is 4.74. The van der Waals surface area contributed by atoms with Gasteiger partial charge in [0.05, 0.1) is 16.5 Å². The summed E-state index contributed by atoms with van der Waals surface area (Å²) in [6.45, 7) is 0.348. The van der Waals surface area contributed by atoms with Crippen LogP contribution < -0.4 is 10.1 Å². The summed E-state index contributed by atoms with van der Waals surface area (Å²) in [6.07, 6.45) is 0. The van der Waals surface area contributed by atoms with Gasteiger partial charge in [0, 0.05) is 34.4 Å². The van der Waals surface area contributed by atoms with Gasteiger partial charge in [-0.3, -0.25) is 10.1 Å². The van der Waals surface area contributed by atoms with Gasteiger partial charge in [-0.25, -0.2) is 0 Å². The third kappa shape index (κ3) is 3.95. The van der Waals surface area contributed by atoms with Crippen molar-refractivity contribution in [2.24, 2.45) is 0 Å². The van der Waals surface area contributed by atoms with Crippen molar-refractivity contribution in [1.29, 1.82) is 0 Å². The maximum Gasteiger partial charge on any atom is 0.274 e. The second-order valence-corrected chi connectivity index (χ2v) is 6.00. The predicted molar refractivity (Wildman–Crippen MR) is 88.8 cm³/mol. The van der Waals surface area contributed by atoms with E-state index < -0.39 is 0 Å². The summed E-state index contributed by atoms with van der Waals surface area (Å²) < 4.78 is 6.87. The van der Waals surface area contributed by atoms with Crippen LogP contribution in [0.1, 0.15) is 5.56 Å². The summed E-state index contributed by atoms with van der Waals surface area (Å²) in [5, 5.41) is 14.2. The maximum absolute atomic E-state index is 11.0. The van der Waals surface area contributed by atoms with Gasteiger partial charge >= 0.3 is 0 Å². The van der Waals surface area contributed by atoms with Crippen LogP contribution in [0.3, 0.4) is 0 Å². The van der Waals surface area contributed by atoms with E-state index in [1.54, 1.807) is 19.2 Å². The highest BCUT2D eigenvalue weighted by molar-refractivity contribution is 9.10. The number of nitrogens with one attached hydrogen (secondary N) is 1. The lowest BCUT2D eigenvalue weighted by atomic mass is 10.1. The first-order valence-corrected chi connectivity index (χ1v) is 7.60. The molecule has 0 saturated heterocycles. The van der Waals surface area contributed by atoms with Crippen LogP contribution in [0.5, 0.6) is 5.75 Å². The number of benzene rings is 2. The highest BCUT2D eigenvalue weighted by atomic mass is 79.9. The Bertz CT molecular complexity index is 677. The summed E-state index contributed by atoms with van der Waals surface area (Å²) in [4.78, 5) is 10.6. The van der Waals surface area contributed by atoms with Crippen molar-refractivity contribution in [1.82, 2.24) is 0 Å². The van der Waals surface area contributed by atoms with Crippen molar-refractivity contribution < 1.29 is 9.66 Å². The Hall–Kier alpha value is -1.60. The molecule has 21 heavy (non-hydrogen) atoms. The highest BCUT2D eigenvalue weighted by Gasteiger charge is 2.13. The molecule has 0 aliphatic carbocycles. The van der Waals surface area contributed by atoms with E-state index in [-0.39, 0.29) is 10.6 Å². The Morgan fingerprint density at radius 2 is 2.00 bits per heavy atom. The van der Waals surface area contributed by atoms with Gasteiger partial charge in [0.2, 0.25) is 0 Å². The molecule has 0 aliphatic heterocycles. The normalized spacial score (nSPS) is 10.2. The molecule has 2 aromatic carbocycles. The molecule has 7 heteroatoms. The monoisotopic (exact) mass is 414 g/mol. The number of halogens is 2. The number of hydrogen-bond acceptors (Lipinski definition) is 4. The molecule has 0 aliphatic rings. The lowest BCUT2D eigenvalue weighted by Crippen LogP contribution is -2.03. The van der Waals surface area contributed by atoms with Gasteiger partial charge in [-0.1, -0.05) is 15.9 Å². The zero-order valence-corrected chi connectivity index (χ0v) is 14.3. The van der Waals surface area contributed by atoms with Crippen LogP contribution in [0.2, 0.25) is 0 Å². The first-order valence-electron chi connectivity index (χ1n) is 6.01. The average molecular weight is 416 g/mol. The third-order valence-electron chi connectivity index (χ3n) is 2.87. The molecule has 0 atom stereocenters. The number of hydrogen-bond donors (Lipinski definition) is 1. The van der Waals surface area contributed by atoms with Crippen molar-refractivity contribution in [2.75, 3.05) is 12.4 Å². The molecule has 0 aromatic heterocycles. The second-order valence-electron chi connectivity index (χ2n) is 4.23. The van der Waals surface area contributed by atoms with Crippen LogP contribution in [-0.4, -0.2) is 12.0 Å². The summed E-state index contributed by atoms with van der Waals surface area (Å²) in [6, 6.07) is 10.4. The molecule has 0 fully saturated rings. The molecule has 110 valence electrons. The number of rotatable bonds is 5. The average Bonchev–Trinajstić information content (AvgIpc) is 2.46. The van der Waals surface area contributed by atoms with Gasteiger partial charge in [-0.05, 0) is 40.2 Å². The molecular weight excluding hydrogens is 404 g/mol. The Morgan fingerprint density at radius 1 is 1.24 bits per heavy atom. The Morgan fingerprint density at radius 3 is 2.67 bits per heavy atom. The minimum atomic E-state index is -0.383. The van der Waals surface area contributed by atoms with Crippen LogP contribution in [0.4, 0.5) is 11.4 Å². The van der Waals surface area contributed by atoms with Crippen molar-refractivity contribution in [2.45, 2.75) is 6.54 Å². The van der Waals surface area contributed by atoms with Crippen LogP contribution >= 0.6 is 31.9 Å². The molecule has 0 unspecified atom stereocenters. The van der Waals surface area contributed by atoms with E-state index in [0.29, 0.717) is 17.9 Å². The smallest absolute Gasteiger partial charge is 0.274 e. The molecule has 0 bridgehead atoms. The van der Waals surface area contributed by atoms with Gasteiger partial charge in [-0.2, -0.15) is 0 Å². The van der Waals surface area contributed by atoms with Crippen molar-refractivity contribution in [3.8, 4) is 5.75 Å². The van der Waals surface area contributed by atoms with E-state index in [2.05, 4.69) is 37.2 Å². The zero-order chi connectivity index (χ0) is 15.4. The van der Waals surface area contributed by atoms with E-state index in [4.69, 9.17) is 4.74 Å². The van der Waals surface area contributed by atoms with Crippen molar-refractivity contribution in [3.05, 3.63) is 61.0 Å². The van der Waals surface area contributed by atoms with Crippen molar-refractivity contribution in [3.63, 3.8) is 0 Å². The van der Waals surface area contributed by atoms with Crippen LogP contribution in [0, 0.1) is 10.1 Å². The number of nitro benzene ring substituents is 1. The molecule has 2 aromatic rings. The lowest BCUT2D eigenvalue weighted by molar-refractivity contribution is -0.385. The van der Waals surface area contributed by atoms with E-state index in [0.717, 1.165) is 14.6 Å². The number of nitro groups is 1. The van der Waals surface area contributed by atoms with E-state index in [1.807, 2.05) is 18.2 Å². The van der Waals surface area contributed by atoms with Crippen LogP contribution in [0.15, 0.2) is 45.3 Å². The van der Waals surface area contributed by atoms with Gasteiger partial charge in [0.1, 0.15) is 5.75 Å². The molecule has 0 spiro atoms. The van der Waals surface area contributed by atoms with Crippen LogP contribution in [0.25, 0.3) is 0 Å². The third-order valence-corrected chi connectivity index (χ3v) is 4.02. The summed E-state index contributed by atoms with van der Waals surface area (Å²) >= 11 is 6.71. The number of nitrogens with zero attached hydrogens (tertiary/aromatic N) is 1. The first kappa shape index (κ1) is 15.8. The van der Waals surface area contributed by atoms with E-state index in [1.165, 1.54) is 6.07 Å². The Balaban J connectivity index is 2.20. The fourth-order valence-corrected chi connectivity index (χ4v) is 2.66. The van der Waals surface area contributed by atoms with Gasteiger partial charge in [-0.15, -0.1) is 0 Å². The van der Waals surface area contributed by atoms with Gasteiger partial charge < -0.3 is 10.1 Å². The molecule has 1 N–H and O–H groups in total. The standard InChI is InChI=1S/C14H12Br2N2O3/c1-21-14-7-11(3-4-12(14)16)17-8-9-6-10(15)2-5-13(9)18(19)20/h2-7,17H,8H2,1H3. The lowest BCUT2D eigenvalue weighted by Gasteiger charge is -2.10. The zero-order valence-electron chi connectivity index (χ0n) is 11.1. The van der Waals surface area contributed by atoms with Gasteiger partial charge in [0.25, 0.3) is 5.69 Å². The fourth-order valence-electron chi connectivity index (χ4n) is 1.84. The molecule has 5 nitrogen and oxygen atoms in total. The van der Waals surface area contributed by atoms with E-state index >= 15 is 0 Å². The number of ether oxygens (including phenoxy) is 1. The minimum absolute atomic E-state index is 0.0924. The first-order chi connectivity index (χ1) is 10.0. The molecule has 0 amide bonds. The Labute approximate surface area is 138 Å². The van der Waals surface area contributed by atoms with E-state index in [9.17, 15) is 10.1 Å². The highest BCUT2D eigenvalue weighted by Crippen LogP contribution is 2.29. The number of anilines is 1. The summed E-state index contributed by atoms with van der Waals surface area (Å²) in [7, 11) is 1.59. The molecule has 0 saturated carbocycles. The van der Waals surface area contributed by atoms with Crippen LogP contribution in [-0.2, 0) is 6.54 Å². The minimum Gasteiger partial charge on any atom is -0.495 e. The fraction of sp³-hybridized carbons (Fsp3) is 0.143. The second kappa shape index (κ2) is 6.91. The molecule has 0 heterocycles. The molecule has 0 radical (unpaired) electrons. The Kier molecular flexibility index (Phi) is 5.19. The molecule has 2 rings (SSSR count). The maximum atomic E-state index is 11.0. The van der Waals surface area contributed by atoms with Crippen molar-refractivity contribution >= 4 is 43.2 Å². The topological polar surface area (TPSA) is 64.4 Å². The van der Waals surface area contributed by atoms with Gasteiger partial charge in [0.15, 0.2) is 0 Å². The SMILES string of the molecule is COc1cc(NCc2cc(Br)ccc2[N+](=O)[O-])ccc1Br. The largest absolute Gasteiger partial charge is 0.495 e. The quantitative estimate of drug-likeness (QED) is 0.565. The molecular formula is C14H12Br2N2O3. The summed E-state index contributed by atoms with van der Waals surface area (Å²) in [5.74, 6) is 0.698.